The first-order valence-electron chi connectivity index (χ1n) is 13.5. The molecule has 5 aromatic rings. The zero-order chi connectivity index (χ0) is 28.8. The molecule has 1 atom stereocenters. The number of fused-ring (bicyclic) bond motifs is 1. The van der Waals surface area contributed by atoms with E-state index in [1.807, 2.05) is 13.1 Å². The predicted octanol–water partition coefficient (Wildman–Crippen LogP) is 3.07. The van der Waals surface area contributed by atoms with Gasteiger partial charge in [0.15, 0.2) is 0 Å². The lowest BCUT2D eigenvalue weighted by Gasteiger charge is -2.35. The van der Waals surface area contributed by atoms with Crippen molar-refractivity contribution in [3.05, 3.63) is 78.4 Å². The summed E-state index contributed by atoms with van der Waals surface area (Å²) in [5, 5.41) is 15.4. The maximum absolute atomic E-state index is 13.4. The van der Waals surface area contributed by atoms with Gasteiger partial charge in [-0.3, -0.25) is 4.68 Å². The van der Waals surface area contributed by atoms with E-state index in [0.29, 0.717) is 12.5 Å². The third kappa shape index (κ3) is 5.48. The smallest absolute Gasteiger partial charge is 0.225 e. The van der Waals surface area contributed by atoms with E-state index in [1.54, 1.807) is 55.6 Å². The first-order chi connectivity index (χ1) is 19.6. The number of piperazine rings is 1. The lowest BCUT2D eigenvalue weighted by atomic mass is 9.87. The van der Waals surface area contributed by atoms with Crippen LogP contribution < -0.4 is 15.5 Å². The van der Waals surface area contributed by atoms with Crippen molar-refractivity contribution in [2.24, 2.45) is 5.73 Å². The molecule has 11 nitrogen and oxygen atoms in total. The molecular formula is C29H33FN10O. The van der Waals surface area contributed by atoms with Gasteiger partial charge in [-0.2, -0.15) is 5.10 Å². The monoisotopic (exact) mass is 556 g/mol. The Morgan fingerprint density at radius 3 is 2.29 bits per heavy atom. The molecule has 12 heteroatoms. The molecule has 1 fully saturated rings. The highest BCUT2D eigenvalue weighted by atomic mass is 19.1. The maximum Gasteiger partial charge on any atom is 0.225 e. The summed E-state index contributed by atoms with van der Waals surface area (Å²) in [6, 6.07) is 8.23. The third-order valence-electron chi connectivity index (χ3n) is 7.44. The Balaban J connectivity index is 1.15. The van der Waals surface area contributed by atoms with Gasteiger partial charge in [0.2, 0.25) is 5.95 Å². The van der Waals surface area contributed by atoms with Crippen molar-refractivity contribution in [2.45, 2.75) is 38.5 Å². The number of nitrogens with zero attached hydrogens (tertiary/aromatic N) is 8. The van der Waals surface area contributed by atoms with E-state index in [9.17, 15) is 9.50 Å². The van der Waals surface area contributed by atoms with Gasteiger partial charge in [0.05, 0.1) is 35.0 Å². The van der Waals surface area contributed by atoms with Crippen LogP contribution in [0.15, 0.2) is 61.4 Å². The zero-order valence-corrected chi connectivity index (χ0v) is 23.3. The number of hydrogen-bond donors (Lipinski definition) is 3. The fourth-order valence-electron chi connectivity index (χ4n) is 5.15. The van der Waals surface area contributed by atoms with Crippen LogP contribution >= 0.6 is 0 Å². The second-order valence-corrected chi connectivity index (χ2v) is 11.3. The highest BCUT2D eigenvalue weighted by molar-refractivity contribution is 5.91. The van der Waals surface area contributed by atoms with E-state index in [2.05, 4.69) is 45.9 Å². The number of nitrogens with two attached hydrogens (primary N) is 1. The molecule has 1 aromatic carbocycles. The summed E-state index contributed by atoms with van der Waals surface area (Å²) in [4.78, 5) is 26.0. The van der Waals surface area contributed by atoms with Gasteiger partial charge in [0.1, 0.15) is 23.6 Å². The molecule has 0 saturated carbocycles. The summed E-state index contributed by atoms with van der Waals surface area (Å²) in [6.07, 6.45) is 8.76. The van der Waals surface area contributed by atoms with Crippen LogP contribution in [-0.4, -0.2) is 71.6 Å². The summed E-state index contributed by atoms with van der Waals surface area (Å²) in [7, 11) is 0. The molecular weight excluding hydrogens is 523 g/mol. The van der Waals surface area contributed by atoms with Crippen LogP contribution in [0.3, 0.4) is 0 Å². The number of anilines is 2. The molecule has 1 aliphatic rings. The number of H-pyrrole nitrogens is 1. The Morgan fingerprint density at radius 1 is 0.927 bits per heavy atom. The van der Waals surface area contributed by atoms with Gasteiger partial charge in [0, 0.05) is 55.9 Å². The van der Waals surface area contributed by atoms with Gasteiger partial charge in [0.25, 0.3) is 0 Å². The van der Waals surface area contributed by atoms with Gasteiger partial charge in [-0.1, -0.05) is 12.1 Å². The molecule has 41 heavy (non-hydrogen) atoms. The van der Waals surface area contributed by atoms with Gasteiger partial charge in [-0.15, -0.1) is 0 Å². The van der Waals surface area contributed by atoms with Crippen LogP contribution in [0.2, 0.25) is 0 Å². The van der Waals surface area contributed by atoms with Crippen LogP contribution in [0.1, 0.15) is 31.9 Å². The van der Waals surface area contributed by atoms with Gasteiger partial charge in [-0.05, 0) is 44.5 Å². The molecule has 1 saturated heterocycles. The van der Waals surface area contributed by atoms with Gasteiger partial charge >= 0.3 is 0 Å². The molecule has 1 aliphatic heterocycles. The quantitative estimate of drug-likeness (QED) is 0.276. The average Bonchev–Trinajstić information content (AvgIpc) is 3.59. The van der Waals surface area contributed by atoms with Crippen molar-refractivity contribution >= 4 is 22.8 Å². The van der Waals surface area contributed by atoms with Crippen molar-refractivity contribution in [3.63, 3.8) is 0 Å². The number of benzene rings is 1. The van der Waals surface area contributed by atoms with Gasteiger partial charge < -0.3 is 25.6 Å². The normalized spacial score (nSPS) is 15.9. The molecule has 4 aromatic heterocycles. The molecule has 0 amide bonds. The van der Waals surface area contributed by atoms with E-state index >= 15 is 0 Å². The summed E-state index contributed by atoms with van der Waals surface area (Å²) >= 11 is 0. The number of aromatic nitrogens is 7. The van der Waals surface area contributed by atoms with Crippen LogP contribution in [0.4, 0.5) is 16.2 Å². The molecule has 0 radical (unpaired) electrons. The first-order valence-corrected chi connectivity index (χ1v) is 13.5. The van der Waals surface area contributed by atoms with Crippen molar-refractivity contribution in [2.75, 3.05) is 36.0 Å². The average molecular weight is 557 g/mol. The summed E-state index contributed by atoms with van der Waals surface area (Å²) in [5.41, 5.74) is 8.99. The molecule has 0 spiro atoms. The third-order valence-corrected chi connectivity index (χ3v) is 7.44. The predicted molar refractivity (Wildman–Crippen MR) is 155 cm³/mol. The van der Waals surface area contributed by atoms with E-state index in [0.717, 1.165) is 65.4 Å². The largest absolute Gasteiger partial charge is 0.389 e. The number of halogens is 1. The topological polar surface area (TPSA) is 138 Å². The van der Waals surface area contributed by atoms with Crippen molar-refractivity contribution in [3.8, 4) is 11.3 Å². The standard InChI is InChI=1S/C29H33FN10O/c1-28(2,41)17-40-16-19(13-36-40)24-12-23-25(37-24)34-18-35-26(23)38-8-10-39(11-9-38)27-32-14-21(15-33-27)29(3,31)20-4-6-22(30)7-5-20/h4-7,12-16,18,41H,8-11,17,31H2,1-3H3,(H,34,35,37)/t29-/m0/s1. The van der Waals surface area contributed by atoms with Crippen molar-refractivity contribution in [1.82, 2.24) is 34.7 Å². The maximum atomic E-state index is 13.4. The van der Waals surface area contributed by atoms with Crippen LogP contribution in [0.25, 0.3) is 22.3 Å². The van der Waals surface area contributed by atoms with Crippen LogP contribution in [0.5, 0.6) is 0 Å². The second kappa shape index (κ2) is 10.2. The highest BCUT2D eigenvalue weighted by Crippen LogP contribution is 2.30. The molecule has 0 bridgehead atoms. The van der Waals surface area contributed by atoms with E-state index < -0.39 is 11.1 Å². The lowest BCUT2D eigenvalue weighted by molar-refractivity contribution is 0.0577. The fourth-order valence-corrected chi connectivity index (χ4v) is 5.15. The first kappa shape index (κ1) is 26.8. The Bertz CT molecular complexity index is 1650. The zero-order valence-electron chi connectivity index (χ0n) is 23.3. The number of aliphatic hydroxyl groups is 1. The Kier molecular flexibility index (Phi) is 6.66. The Labute approximate surface area is 236 Å². The van der Waals surface area contributed by atoms with Gasteiger partial charge in [-0.25, -0.2) is 24.3 Å². The number of rotatable bonds is 7. The van der Waals surface area contributed by atoms with Crippen molar-refractivity contribution < 1.29 is 9.50 Å². The number of nitrogens with one attached hydrogen (secondary N) is 1. The van der Waals surface area contributed by atoms with E-state index in [1.165, 1.54) is 12.1 Å². The minimum absolute atomic E-state index is 0.301. The molecule has 5 heterocycles. The lowest BCUT2D eigenvalue weighted by Crippen LogP contribution is -2.47. The number of hydrogen-bond acceptors (Lipinski definition) is 9. The van der Waals surface area contributed by atoms with E-state index in [4.69, 9.17) is 5.73 Å². The van der Waals surface area contributed by atoms with E-state index in [-0.39, 0.29) is 5.82 Å². The summed E-state index contributed by atoms with van der Waals surface area (Å²) in [6.45, 7) is 8.71. The molecule has 6 rings (SSSR count). The fraction of sp³-hybridized carbons (Fsp3) is 0.345. The minimum Gasteiger partial charge on any atom is -0.389 e. The highest BCUT2D eigenvalue weighted by Gasteiger charge is 2.27. The summed E-state index contributed by atoms with van der Waals surface area (Å²) in [5.74, 6) is 1.21. The second-order valence-electron chi connectivity index (χ2n) is 11.3. The molecule has 0 unspecified atom stereocenters. The molecule has 0 aliphatic carbocycles. The minimum atomic E-state index is -0.855. The molecule has 4 N–H and O–H groups in total. The molecule has 212 valence electrons. The Hall–Kier alpha value is -4.42. The van der Waals surface area contributed by atoms with Crippen LogP contribution in [0, 0.1) is 5.82 Å². The van der Waals surface area contributed by atoms with Crippen molar-refractivity contribution in [1.29, 1.82) is 0 Å². The summed E-state index contributed by atoms with van der Waals surface area (Å²) < 4.78 is 15.1. The van der Waals surface area contributed by atoms with Crippen LogP contribution in [-0.2, 0) is 12.1 Å². The number of aromatic amines is 1. The SMILES string of the molecule is CC(C)(O)Cn1cc(-c2cc3c(N4CCN(c5ncc([C@@](C)(N)c6ccc(F)cc6)cn5)CC4)ncnc3[nH]2)cn1. The Morgan fingerprint density at radius 2 is 1.61 bits per heavy atom.